The van der Waals surface area contributed by atoms with E-state index in [0.717, 1.165) is 38.8 Å². The van der Waals surface area contributed by atoms with Crippen LogP contribution >= 0.6 is 0 Å². The lowest BCUT2D eigenvalue weighted by atomic mass is 9.80. The molecule has 1 aliphatic rings. The number of para-hydroxylation sites is 1. The average molecular weight is 642 g/mol. The maximum atomic E-state index is 6.34. The maximum Gasteiger partial charge on any atom is 0.164 e. The Hall–Kier alpha value is -6.39. The van der Waals surface area contributed by atoms with Gasteiger partial charge in [-0.3, -0.25) is 0 Å². The van der Waals surface area contributed by atoms with Crippen LogP contribution in [0.3, 0.4) is 0 Å². The standard InChI is InChI=1S/C46H31N3O/c1-46(2)37-17-10-16-36(40(37)35-25-26-39-41(42(35)46)34-15-8-9-18-38(34)50-39)45-48-43(30-12-4-3-5-13-30)47-44(49-45)31-22-19-29(20-23-31)33-24-21-28-11-6-7-14-32(28)27-33/h3-27H,1-2H3. The summed E-state index contributed by atoms with van der Waals surface area (Å²) in [6.07, 6.45) is 0. The van der Waals surface area contributed by atoms with E-state index in [1.807, 2.05) is 30.3 Å². The van der Waals surface area contributed by atoms with Crippen molar-refractivity contribution < 1.29 is 4.42 Å². The van der Waals surface area contributed by atoms with Gasteiger partial charge in [-0.25, -0.2) is 15.0 Å². The van der Waals surface area contributed by atoms with E-state index in [1.54, 1.807) is 0 Å². The molecule has 236 valence electrons. The highest BCUT2D eigenvalue weighted by molar-refractivity contribution is 6.12. The molecule has 9 aromatic rings. The van der Waals surface area contributed by atoms with Crippen LogP contribution in [-0.4, -0.2) is 15.0 Å². The zero-order valence-electron chi connectivity index (χ0n) is 27.7. The topological polar surface area (TPSA) is 51.8 Å². The highest BCUT2D eigenvalue weighted by atomic mass is 16.3. The Morgan fingerprint density at radius 3 is 1.94 bits per heavy atom. The first-order chi connectivity index (χ1) is 24.5. The number of nitrogens with zero attached hydrogens (tertiary/aromatic N) is 3. The summed E-state index contributed by atoms with van der Waals surface area (Å²) in [6.45, 7) is 4.63. The molecule has 7 aromatic carbocycles. The van der Waals surface area contributed by atoms with E-state index in [4.69, 9.17) is 19.4 Å². The molecule has 0 radical (unpaired) electrons. The Bertz CT molecular complexity index is 2780. The first-order valence-electron chi connectivity index (χ1n) is 17.0. The van der Waals surface area contributed by atoms with Crippen molar-refractivity contribution in [2.45, 2.75) is 19.3 Å². The number of aromatic nitrogens is 3. The van der Waals surface area contributed by atoms with Crippen LogP contribution < -0.4 is 0 Å². The molecule has 50 heavy (non-hydrogen) atoms. The van der Waals surface area contributed by atoms with Gasteiger partial charge in [0.15, 0.2) is 17.5 Å². The molecular weight excluding hydrogens is 611 g/mol. The van der Waals surface area contributed by atoms with E-state index in [2.05, 4.69) is 135 Å². The molecule has 0 saturated carbocycles. The number of rotatable bonds is 4. The minimum absolute atomic E-state index is 0.260. The molecule has 2 heterocycles. The quantitative estimate of drug-likeness (QED) is 0.192. The van der Waals surface area contributed by atoms with Gasteiger partial charge in [-0.2, -0.15) is 0 Å². The van der Waals surface area contributed by atoms with Crippen LogP contribution in [0.5, 0.6) is 0 Å². The second-order valence-corrected chi connectivity index (χ2v) is 13.6. The molecule has 0 N–H and O–H groups in total. The zero-order valence-corrected chi connectivity index (χ0v) is 27.7. The maximum absolute atomic E-state index is 6.34. The summed E-state index contributed by atoms with van der Waals surface area (Å²) in [5, 5.41) is 4.78. The van der Waals surface area contributed by atoms with Gasteiger partial charge in [-0.05, 0) is 62.4 Å². The van der Waals surface area contributed by atoms with E-state index < -0.39 is 0 Å². The highest BCUT2D eigenvalue weighted by Gasteiger charge is 2.40. The fourth-order valence-corrected chi connectivity index (χ4v) is 7.88. The Balaban J connectivity index is 1.15. The van der Waals surface area contributed by atoms with Crippen molar-refractivity contribution in [1.29, 1.82) is 0 Å². The Labute approximate surface area is 289 Å². The molecule has 0 saturated heterocycles. The molecule has 4 nitrogen and oxygen atoms in total. The minimum Gasteiger partial charge on any atom is -0.456 e. The molecule has 2 aromatic heterocycles. The van der Waals surface area contributed by atoms with Crippen LogP contribution in [-0.2, 0) is 5.41 Å². The van der Waals surface area contributed by atoms with E-state index >= 15 is 0 Å². The van der Waals surface area contributed by atoms with E-state index in [9.17, 15) is 0 Å². The van der Waals surface area contributed by atoms with Gasteiger partial charge < -0.3 is 4.42 Å². The molecule has 10 rings (SSSR count). The molecule has 0 amide bonds. The van der Waals surface area contributed by atoms with Crippen molar-refractivity contribution in [3.8, 4) is 56.4 Å². The summed E-state index contributed by atoms with van der Waals surface area (Å²) in [5.41, 5.74) is 11.7. The SMILES string of the molecule is CC1(C)c2cccc(-c3nc(-c4ccccc4)nc(-c4ccc(-c5ccc6ccccc6c5)cc4)n3)c2-c2ccc3oc4ccccc4c3c21. The fourth-order valence-electron chi connectivity index (χ4n) is 7.88. The van der Waals surface area contributed by atoms with Crippen molar-refractivity contribution in [2.24, 2.45) is 0 Å². The van der Waals surface area contributed by atoms with Crippen LogP contribution in [0.1, 0.15) is 25.0 Å². The van der Waals surface area contributed by atoms with Crippen molar-refractivity contribution >= 4 is 32.7 Å². The van der Waals surface area contributed by atoms with Crippen LogP contribution in [0.25, 0.3) is 89.1 Å². The summed E-state index contributed by atoms with van der Waals surface area (Å²) < 4.78 is 6.34. The van der Waals surface area contributed by atoms with Gasteiger partial charge in [0.05, 0.1) is 0 Å². The van der Waals surface area contributed by atoms with Gasteiger partial charge in [-0.1, -0.05) is 147 Å². The summed E-state index contributed by atoms with van der Waals surface area (Å²) in [5.74, 6) is 1.95. The second kappa shape index (κ2) is 10.8. The third-order valence-electron chi connectivity index (χ3n) is 10.3. The second-order valence-electron chi connectivity index (χ2n) is 13.6. The molecule has 0 atom stereocenters. The Morgan fingerprint density at radius 2 is 1.12 bits per heavy atom. The van der Waals surface area contributed by atoms with Crippen LogP contribution in [0, 0.1) is 0 Å². The number of hydrogen-bond donors (Lipinski definition) is 0. The lowest BCUT2D eigenvalue weighted by Gasteiger charge is -2.22. The zero-order chi connectivity index (χ0) is 33.4. The van der Waals surface area contributed by atoms with E-state index in [1.165, 1.54) is 44.0 Å². The first kappa shape index (κ1) is 28.6. The molecule has 0 unspecified atom stereocenters. The van der Waals surface area contributed by atoms with Crippen LogP contribution in [0.4, 0.5) is 0 Å². The largest absolute Gasteiger partial charge is 0.456 e. The Kier molecular flexibility index (Phi) is 6.19. The molecule has 4 heteroatoms. The number of furan rings is 1. The third-order valence-corrected chi connectivity index (χ3v) is 10.3. The predicted molar refractivity (Wildman–Crippen MR) is 204 cm³/mol. The fraction of sp³-hybridized carbons (Fsp3) is 0.0652. The van der Waals surface area contributed by atoms with Crippen LogP contribution in [0.15, 0.2) is 156 Å². The first-order valence-corrected chi connectivity index (χ1v) is 17.0. The highest BCUT2D eigenvalue weighted by Crippen LogP contribution is 2.55. The van der Waals surface area contributed by atoms with Gasteiger partial charge in [0.25, 0.3) is 0 Å². The predicted octanol–water partition coefficient (Wildman–Crippen LogP) is 11.9. The van der Waals surface area contributed by atoms with Crippen molar-refractivity contribution in [3.63, 3.8) is 0 Å². The minimum atomic E-state index is -0.260. The summed E-state index contributed by atoms with van der Waals surface area (Å²) in [7, 11) is 0. The van der Waals surface area contributed by atoms with E-state index in [-0.39, 0.29) is 5.41 Å². The van der Waals surface area contributed by atoms with Gasteiger partial charge >= 0.3 is 0 Å². The summed E-state index contributed by atoms with van der Waals surface area (Å²) in [4.78, 5) is 15.4. The summed E-state index contributed by atoms with van der Waals surface area (Å²) >= 11 is 0. The normalized spacial score (nSPS) is 13.2. The van der Waals surface area contributed by atoms with E-state index in [0.29, 0.717) is 17.5 Å². The number of hydrogen-bond acceptors (Lipinski definition) is 4. The monoisotopic (exact) mass is 641 g/mol. The molecular formula is C46H31N3O. The average Bonchev–Trinajstić information content (AvgIpc) is 3.66. The summed E-state index contributed by atoms with van der Waals surface area (Å²) in [6, 6.07) is 53.0. The van der Waals surface area contributed by atoms with Crippen molar-refractivity contribution in [2.75, 3.05) is 0 Å². The molecule has 0 spiro atoms. The van der Waals surface area contributed by atoms with Crippen LogP contribution in [0.2, 0.25) is 0 Å². The molecule has 0 aliphatic heterocycles. The Morgan fingerprint density at radius 1 is 0.460 bits per heavy atom. The number of fused-ring (bicyclic) bond motifs is 8. The lowest BCUT2D eigenvalue weighted by Crippen LogP contribution is -2.15. The van der Waals surface area contributed by atoms with Gasteiger partial charge in [-0.15, -0.1) is 0 Å². The number of benzene rings is 7. The van der Waals surface area contributed by atoms with Gasteiger partial charge in [0.2, 0.25) is 0 Å². The van der Waals surface area contributed by atoms with Gasteiger partial charge in [0, 0.05) is 32.9 Å². The lowest BCUT2D eigenvalue weighted by molar-refractivity contribution is 0.657. The van der Waals surface area contributed by atoms with Gasteiger partial charge in [0.1, 0.15) is 11.2 Å². The van der Waals surface area contributed by atoms with Crippen molar-refractivity contribution in [3.05, 3.63) is 163 Å². The smallest absolute Gasteiger partial charge is 0.164 e. The third kappa shape index (κ3) is 4.35. The van der Waals surface area contributed by atoms with Crippen molar-refractivity contribution in [1.82, 2.24) is 15.0 Å². The molecule has 1 aliphatic carbocycles. The molecule has 0 fully saturated rings. The molecule has 0 bridgehead atoms.